The minimum Gasteiger partial charge on any atom is -0.481 e. The van der Waals surface area contributed by atoms with Gasteiger partial charge in [-0.25, -0.2) is 4.39 Å². The fraction of sp³-hybridized carbons (Fsp3) is 0.600. The molecule has 28 heavy (non-hydrogen) atoms. The summed E-state index contributed by atoms with van der Waals surface area (Å²) >= 11 is 0. The number of hydrogen-bond acceptors (Lipinski definition) is 5. The molecule has 1 aliphatic heterocycles. The SMILES string of the molecule is CC(=O)O.NC1(C(=O)N2CC[C@H](O)[C@@](CO)(Cc3ccc(F)cc3)C2)CCC1. The molecule has 1 saturated carbocycles. The molecule has 8 heteroatoms. The van der Waals surface area contributed by atoms with Crippen molar-refractivity contribution in [1.29, 1.82) is 0 Å². The molecule has 7 nitrogen and oxygen atoms in total. The molecule has 0 aromatic heterocycles. The average molecular weight is 396 g/mol. The number of hydrogen-bond donors (Lipinski definition) is 4. The van der Waals surface area contributed by atoms with E-state index in [1.54, 1.807) is 17.0 Å². The van der Waals surface area contributed by atoms with Crippen molar-refractivity contribution in [2.45, 2.75) is 50.7 Å². The summed E-state index contributed by atoms with van der Waals surface area (Å²) in [5, 5.41) is 27.9. The molecule has 1 amide bonds. The van der Waals surface area contributed by atoms with Crippen LogP contribution < -0.4 is 5.73 Å². The number of likely N-dealkylation sites (tertiary alicyclic amines) is 1. The van der Waals surface area contributed by atoms with Crippen LogP contribution in [0, 0.1) is 11.2 Å². The van der Waals surface area contributed by atoms with Crippen LogP contribution in [-0.2, 0) is 16.0 Å². The van der Waals surface area contributed by atoms with E-state index < -0.39 is 23.0 Å². The van der Waals surface area contributed by atoms with E-state index in [1.807, 2.05) is 0 Å². The second kappa shape index (κ2) is 8.98. The van der Waals surface area contributed by atoms with Gasteiger partial charge >= 0.3 is 0 Å². The van der Waals surface area contributed by atoms with E-state index in [-0.39, 0.29) is 24.9 Å². The molecule has 156 valence electrons. The quantitative estimate of drug-likeness (QED) is 0.600. The molecule has 0 radical (unpaired) electrons. The molecule has 3 rings (SSSR count). The van der Waals surface area contributed by atoms with Crippen LogP contribution in [0.3, 0.4) is 0 Å². The molecule has 0 unspecified atom stereocenters. The van der Waals surface area contributed by atoms with Gasteiger partial charge in [-0.2, -0.15) is 0 Å². The Hall–Kier alpha value is -2.03. The number of carbonyl (C=O) groups excluding carboxylic acids is 1. The van der Waals surface area contributed by atoms with Crippen molar-refractivity contribution in [1.82, 2.24) is 4.90 Å². The number of carbonyl (C=O) groups is 2. The van der Waals surface area contributed by atoms with Crippen LogP contribution in [0.1, 0.15) is 38.2 Å². The van der Waals surface area contributed by atoms with Crippen molar-refractivity contribution in [3.05, 3.63) is 35.6 Å². The lowest BCUT2D eigenvalue weighted by Gasteiger charge is -2.49. The Labute approximate surface area is 164 Å². The van der Waals surface area contributed by atoms with Crippen molar-refractivity contribution in [2.24, 2.45) is 11.1 Å². The Morgan fingerprint density at radius 2 is 1.86 bits per heavy atom. The maximum absolute atomic E-state index is 13.1. The fourth-order valence-electron chi connectivity index (χ4n) is 3.80. The zero-order chi connectivity index (χ0) is 20.9. The van der Waals surface area contributed by atoms with Crippen LogP contribution in [0.5, 0.6) is 0 Å². The smallest absolute Gasteiger partial charge is 0.300 e. The molecule has 1 saturated heterocycles. The van der Waals surface area contributed by atoms with E-state index in [1.165, 1.54) is 12.1 Å². The Bertz CT molecular complexity index is 688. The third-order valence-corrected chi connectivity index (χ3v) is 5.63. The molecule has 1 aliphatic carbocycles. The van der Waals surface area contributed by atoms with Crippen LogP contribution in [0.2, 0.25) is 0 Å². The first-order chi connectivity index (χ1) is 13.1. The normalized spacial score (nSPS) is 25.9. The van der Waals surface area contributed by atoms with Crippen molar-refractivity contribution >= 4 is 11.9 Å². The summed E-state index contributed by atoms with van der Waals surface area (Å²) in [4.78, 5) is 23.4. The highest BCUT2D eigenvalue weighted by Gasteiger charge is 2.48. The van der Waals surface area contributed by atoms with E-state index in [4.69, 9.17) is 15.6 Å². The fourth-order valence-corrected chi connectivity index (χ4v) is 3.80. The van der Waals surface area contributed by atoms with Crippen molar-refractivity contribution in [2.75, 3.05) is 19.7 Å². The number of aliphatic hydroxyl groups is 2. The predicted octanol–water partition coefficient (Wildman–Crippen LogP) is 0.912. The number of carboxylic acid groups (broad SMARTS) is 1. The lowest BCUT2D eigenvalue weighted by Crippen LogP contribution is -2.64. The van der Waals surface area contributed by atoms with Crippen LogP contribution in [0.15, 0.2) is 24.3 Å². The molecule has 2 aliphatic rings. The minimum absolute atomic E-state index is 0.0856. The van der Waals surface area contributed by atoms with Crippen LogP contribution in [-0.4, -0.2) is 63.4 Å². The van der Waals surface area contributed by atoms with E-state index in [9.17, 15) is 19.4 Å². The highest BCUT2D eigenvalue weighted by Crippen LogP contribution is 2.37. The summed E-state index contributed by atoms with van der Waals surface area (Å²) in [7, 11) is 0. The Balaban J connectivity index is 0.000000640. The predicted molar refractivity (Wildman–Crippen MR) is 101 cm³/mol. The van der Waals surface area contributed by atoms with Gasteiger partial charge in [-0.15, -0.1) is 0 Å². The maximum atomic E-state index is 13.1. The van der Waals surface area contributed by atoms with Gasteiger partial charge in [-0.05, 0) is 49.8 Å². The lowest BCUT2D eigenvalue weighted by atomic mass is 9.71. The van der Waals surface area contributed by atoms with E-state index in [0.29, 0.717) is 32.2 Å². The van der Waals surface area contributed by atoms with Gasteiger partial charge in [0.15, 0.2) is 0 Å². The second-order valence-electron chi connectivity index (χ2n) is 7.88. The minimum atomic E-state index is -0.841. The summed E-state index contributed by atoms with van der Waals surface area (Å²) < 4.78 is 13.1. The number of benzene rings is 1. The zero-order valence-corrected chi connectivity index (χ0v) is 16.1. The largest absolute Gasteiger partial charge is 0.481 e. The average Bonchev–Trinajstić information content (AvgIpc) is 2.62. The second-order valence-corrected chi connectivity index (χ2v) is 7.88. The Morgan fingerprint density at radius 1 is 1.29 bits per heavy atom. The van der Waals surface area contributed by atoms with Gasteiger partial charge in [0.25, 0.3) is 5.97 Å². The third kappa shape index (κ3) is 5.06. The number of nitrogens with two attached hydrogens (primary N) is 1. The van der Waals surface area contributed by atoms with Crippen molar-refractivity contribution in [3.8, 4) is 0 Å². The van der Waals surface area contributed by atoms with Crippen LogP contribution >= 0.6 is 0 Å². The van der Waals surface area contributed by atoms with Gasteiger partial charge in [0.05, 0.1) is 18.2 Å². The summed E-state index contributed by atoms with van der Waals surface area (Å²) in [5.74, 6) is -1.24. The number of piperidine rings is 1. The summed E-state index contributed by atoms with van der Waals surface area (Å²) in [6.45, 7) is 1.55. The number of nitrogens with zero attached hydrogens (tertiary/aromatic N) is 1. The Morgan fingerprint density at radius 3 is 2.32 bits per heavy atom. The number of halogens is 1. The first-order valence-corrected chi connectivity index (χ1v) is 9.43. The highest BCUT2D eigenvalue weighted by molar-refractivity contribution is 5.87. The highest BCUT2D eigenvalue weighted by atomic mass is 19.1. The van der Waals surface area contributed by atoms with E-state index in [0.717, 1.165) is 18.9 Å². The van der Waals surface area contributed by atoms with Gasteiger partial charge < -0.3 is 26.0 Å². The molecular weight excluding hydrogens is 367 g/mol. The molecule has 0 bridgehead atoms. The molecule has 1 aromatic rings. The standard InChI is InChI=1S/C18H25FN2O3.C2H4O2/c19-14-4-2-13(3-5-14)10-17(12-22)11-21(9-6-15(17)23)16(24)18(20)7-1-8-18;1-2(3)4/h2-5,15,22-23H,1,6-12,20H2;1H3,(H,3,4)/t15-,17-;/m0./s1. The number of amides is 1. The summed E-state index contributed by atoms with van der Waals surface area (Å²) in [6, 6.07) is 6.02. The lowest BCUT2D eigenvalue weighted by molar-refractivity contribution is -0.150. The number of carboxylic acids is 1. The van der Waals surface area contributed by atoms with E-state index in [2.05, 4.69) is 0 Å². The molecule has 1 aromatic carbocycles. The number of aliphatic carboxylic acids is 1. The molecule has 1 heterocycles. The molecule has 2 fully saturated rings. The third-order valence-electron chi connectivity index (χ3n) is 5.63. The van der Waals surface area contributed by atoms with Crippen molar-refractivity contribution < 1.29 is 29.3 Å². The monoisotopic (exact) mass is 396 g/mol. The van der Waals surface area contributed by atoms with Gasteiger partial charge in [-0.1, -0.05) is 12.1 Å². The molecule has 0 spiro atoms. The zero-order valence-electron chi connectivity index (χ0n) is 16.1. The molecular formula is C20H29FN2O5. The first-order valence-electron chi connectivity index (χ1n) is 9.43. The van der Waals surface area contributed by atoms with Gasteiger partial charge in [0.2, 0.25) is 5.91 Å². The summed E-state index contributed by atoms with van der Waals surface area (Å²) in [6.07, 6.45) is 2.41. The molecule has 2 atom stereocenters. The Kier molecular flexibility index (Phi) is 7.14. The first kappa shape index (κ1) is 22.3. The summed E-state index contributed by atoms with van der Waals surface area (Å²) in [5.41, 5.74) is 5.36. The molecule has 5 N–H and O–H groups in total. The van der Waals surface area contributed by atoms with Crippen LogP contribution in [0.4, 0.5) is 4.39 Å². The van der Waals surface area contributed by atoms with E-state index >= 15 is 0 Å². The van der Waals surface area contributed by atoms with Gasteiger partial charge in [0.1, 0.15) is 5.82 Å². The van der Waals surface area contributed by atoms with Gasteiger partial charge in [0, 0.05) is 25.4 Å². The maximum Gasteiger partial charge on any atom is 0.300 e. The van der Waals surface area contributed by atoms with Crippen LogP contribution in [0.25, 0.3) is 0 Å². The van der Waals surface area contributed by atoms with Crippen molar-refractivity contribution in [3.63, 3.8) is 0 Å². The number of rotatable bonds is 4. The van der Waals surface area contributed by atoms with Gasteiger partial charge in [-0.3, -0.25) is 9.59 Å². The number of aliphatic hydroxyl groups excluding tert-OH is 2. The topological polar surface area (TPSA) is 124 Å².